The molecule has 1 N–H and O–H groups in total. The minimum Gasteiger partial charge on any atom is -0.484 e. The normalized spacial score (nSPS) is 11.9. The average Bonchev–Trinajstić information content (AvgIpc) is 2.36. The first-order valence-electron chi connectivity index (χ1n) is 6.65. The molecule has 0 saturated heterocycles. The standard InChI is InChI=1S/C14H21N3O4/c1-9(2)21-12-8-6-7-11(13(12)17(19)20)15-10(3)14(18)16(4)5/h6-10,15H,1-5H3. The van der Waals surface area contributed by atoms with E-state index in [1.54, 1.807) is 53.1 Å². The highest BCUT2D eigenvalue weighted by molar-refractivity contribution is 5.85. The van der Waals surface area contributed by atoms with Crippen molar-refractivity contribution in [1.29, 1.82) is 0 Å². The van der Waals surface area contributed by atoms with Gasteiger partial charge in [-0.2, -0.15) is 0 Å². The summed E-state index contributed by atoms with van der Waals surface area (Å²) in [4.78, 5) is 24.1. The molecule has 1 rings (SSSR count). The second-order valence-electron chi connectivity index (χ2n) is 5.17. The number of nitro groups is 1. The van der Waals surface area contributed by atoms with E-state index in [1.807, 2.05) is 0 Å². The van der Waals surface area contributed by atoms with E-state index in [-0.39, 0.29) is 29.1 Å². The summed E-state index contributed by atoms with van der Waals surface area (Å²) in [6.45, 7) is 5.24. The quantitative estimate of drug-likeness (QED) is 0.643. The molecular formula is C14H21N3O4. The number of nitro benzene ring substituents is 1. The number of hydrogen-bond acceptors (Lipinski definition) is 5. The summed E-state index contributed by atoms with van der Waals surface area (Å²) in [5, 5.41) is 14.2. The lowest BCUT2D eigenvalue weighted by Crippen LogP contribution is -2.36. The topological polar surface area (TPSA) is 84.7 Å². The van der Waals surface area contributed by atoms with Crippen molar-refractivity contribution in [2.24, 2.45) is 0 Å². The molecule has 1 aromatic carbocycles. The number of carbonyl (C=O) groups is 1. The minimum absolute atomic E-state index is 0.162. The highest BCUT2D eigenvalue weighted by Crippen LogP contribution is 2.35. The highest BCUT2D eigenvalue weighted by atomic mass is 16.6. The third kappa shape index (κ3) is 4.34. The lowest BCUT2D eigenvalue weighted by molar-refractivity contribution is -0.385. The monoisotopic (exact) mass is 295 g/mol. The average molecular weight is 295 g/mol. The number of benzene rings is 1. The van der Waals surface area contributed by atoms with Crippen LogP contribution in [0.25, 0.3) is 0 Å². The first-order valence-corrected chi connectivity index (χ1v) is 6.65. The maximum atomic E-state index is 11.9. The van der Waals surface area contributed by atoms with Gasteiger partial charge in [-0.05, 0) is 32.9 Å². The molecule has 0 saturated carbocycles. The molecule has 7 nitrogen and oxygen atoms in total. The molecule has 116 valence electrons. The first kappa shape index (κ1) is 16.7. The Labute approximate surface area is 124 Å². The predicted octanol–water partition coefficient (Wildman–Crippen LogP) is 2.27. The van der Waals surface area contributed by atoms with Gasteiger partial charge in [-0.3, -0.25) is 14.9 Å². The van der Waals surface area contributed by atoms with E-state index in [2.05, 4.69) is 5.32 Å². The number of hydrogen-bond donors (Lipinski definition) is 1. The van der Waals surface area contributed by atoms with Crippen molar-refractivity contribution in [3.8, 4) is 5.75 Å². The van der Waals surface area contributed by atoms with Gasteiger partial charge in [0, 0.05) is 14.1 Å². The van der Waals surface area contributed by atoms with Gasteiger partial charge < -0.3 is 15.0 Å². The molecular weight excluding hydrogens is 274 g/mol. The summed E-state index contributed by atoms with van der Waals surface area (Å²) >= 11 is 0. The van der Waals surface area contributed by atoms with Gasteiger partial charge in [-0.25, -0.2) is 0 Å². The van der Waals surface area contributed by atoms with Crippen LogP contribution < -0.4 is 10.1 Å². The number of likely N-dealkylation sites (N-methyl/N-ethyl adjacent to an activating group) is 1. The van der Waals surface area contributed by atoms with E-state index in [9.17, 15) is 14.9 Å². The summed E-state index contributed by atoms with van der Waals surface area (Å²) in [7, 11) is 3.26. The molecule has 0 aliphatic carbocycles. The Morgan fingerprint density at radius 2 is 1.95 bits per heavy atom. The summed E-state index contributed by atoms with van der Waals surface area (Å²) < 4.78 is 5.46. The molecule has 0 aliphatic rings. The van der Waals surface area contributed by atoms with Crippen LogP contribution in [0.3, 0.4) is 0 Å². The van der Waals surface area contributed by atoms with Crippen molar-refractivity contribution >= 4 is 17.3 Å². The van der Waals surface area contributed by atoms with E-state index in [0.717, 1.165) is 0 Å². The Hall–Kier alpha value is -2.31. The zero-order valence-corrected chi connectivity index (χ0v) is 12.9. The molecule has 1 unspecified atom stereocenters. The van der Waals surface area contributed by atoms with Crippen molar-refractivity contribution in [2.75, 3.05) is 19.4 Å². The molecule has 0 bridgehead atoms. The predicted molar refractivity (Wildman–Crippen MR) is 80.6 cm³/mol. The van der Waals surface area contributed by atoms with Crippen molar-refractivity contribution in [2.45, 2.75) is 32.9 Å². The van der Waals surface area contributed by atoms with Crippen LogP contribution in [0.4, 0.5) is 11.4 Å². The molecule has 1 atom stereocenters. The van der Waals surface area contributed by atoms with Gasteiger partial charge >= 0.3 is 5.69 Å². The fourth-order valence-corrected chi connectivity index (χ4v) is 1.86. The van der Waals surface area contributed by atoms with E-state index >= 15 is 0 Å². The van der Waals surface area contributed by atoms with Gasteiger partial charge in [0.25, 0.3) is 0 Å². The van der Waals surface area contributed by atoms with Crippen LogP contribution in [0.2, 0.25) is 0 Å². The van der Waals surface area contributed by atoms with Crippen LogP contribution in [-0.2, 0) is 4.79 Å². The number of ether oxygens (including phenoxy) is 1. The molecule has 1 amide bonds. The van der Waals surface area contributed by atoms with Crippen LogP contribution in [0, 0.1) is 10.1 Å². The number of para-hydroxylation sites is 1. The number of rotatable bonds is 6. The zero-order valence-electron chi connectivity index (χ0n) is 12.9. The highest BCUT2D eigenvalue weighted by Gasteiger charge is 2.24. The summed E-state index contributed by atoms with van der Waals surface area (Å²) in [5.74, 6) is 0.0176. The van der Waals surface area contributed by atoms with Crippen molar-refractivity contribution in [3.63, 3.8) is 0 Å². The third-order valence-electron chi connectivity index (χ3n) is 2.73. The van der Waals surface area contributed by atoms with Gasteiger partial charge in [0.05, 0.1) is 11.0 Å². The zero-order chi connectivity index (χ0) is 16.2. The number of nitrogens with zero attached hydrogens (tertiary/aromatic N) is 2. The van der Waals surface area contributed by atoms with Crippen molar-refractivity contribution in [1.82, 2.24) is 4.90 Å². The molecule has 0 radical (unpaired) electrons. The summed E-state index contributed by atoms with van der Waals surface area (Å²) in [6.07, 6.45) is -0.181. The molecule has 0 fully saturated rings. The van der Waals surface area contributed by atoms with Gasteiger partial charge in [0.1, 0.15) is 11.7 Å². The minimum atomic E-state index is -0.576. The lowest BCUT2D eigenvalue weighted by Gasteiger charge is -2.19. The molecule has 1 aromatic rings. The largest absolute Gasteiger partial charge is 0.484 e. The Bertz CT molecular complexity index is 529. The Kier molecular flexibility index (Phi) is 5.52. The van der Waals surface area contributed by atoms with Crippen LogP contribution in [0.1, 0.15) is 20.8 Å². The van der Waals surface area contributed by atoms with E-state index < -0.39 is 11.0 Å². The Morgan fingerprint density at radius 1 is 1.33 bits per heavy atom. The molecule has 7 heteroatoms. The Morgan fingerprint density at radius 3 is 2.43 bits per heavy atom. The van der Waals surface area contributed by atoms with Crippen LogP contribution in [0.15, 0.2) is 18.2 Å². The number of carbonyl (C=O) groups excluding carboxylic acids is 1. The number of amides is 1. The van der Waals surface area contributed by atoms with Gasteiger partial charge in [0.2, 0.25) is 5.91 Å². The summed E-state index contributed by atoms with van der Waals surface area (Å²) in [5.41, 5.74) is 0.102. The molecule has 21 heavy (non-hydrogen) atoms. The fourth-order valence-electron chi connectivity index (χ4n) is 1.86. The molecule has 0 spiro atoms. The fraction of sp³-hybridized carbons (Fsp3) is 0.500. The second kappa shape index (κ2) is 6.92. The molecule has 0 heterocycles. The van der Waals surface area contributed by atoms with Crippen molar-refractivity contribution < 1.29 is 14.5 Å². The van der Waals surface area contributed by atoms with Gasteiger partial charge in [0.15, 0.2) is 5.75 Å². The first-order chi connectivity index (χ1) is 9.73. The smallest absolute Gasteiger partial charge is 0.333 e. The number of anilines is 1. The molecule has 0 aliphatic heterocycles. The van der Waals surface area contributed by atoms with Crippen LogP contribution >= 0.6 is 0 Å². The maximum Gasteiger partial charge on any atom is 0.333 e. The van der Waals surface area contributed by atoms with E-state index in [0.29, 0.717) is 0 Å². The van der Waals surface area contributed by atoms with E-state index in [1.165, 1.54) is 4.90 Å². The summed E-state index contributed by atoms with van der Waals surface area (Å²) in [6, 6.07) is 4.18. The van der Waals surface area contributed by atoms with Gasteiger partial charge in [-0.1, -0.05) is 6.07 Å². The SMILES string of the molecule is CC(C)Oc1cccc(NC(C)C(=O)N(C)C)c1[N+](=O)[O-]. The molecule has 0 aromatic heterocycles. The van der Waals surface area contributed by atoms with Crippen molar-refractivity contribution in [3.05, 3.63) is 28.3 Å². The third-order valence-corrected chi connectivity index (χ3v) is 2.73. The van der Waals surface area contributed by atoms with Crippen LogP contribution in [0.5, 0.6) is 5.75 Å². The van der Waals surface area contributed by atoms with E-state index in [4.69, 9.17) is 4.74 Å². The Balaban J connectivity index is 3.12. The van der Waals surface area contributed by atoms with Gasteiger partial charge in [-0.15, -0.1) is 0 Å². The lowest BCUT2D eigenvalue weighted by atomic mass is 10.2. The number of nitrogens with one attached hydrogen (secondary N) is 1. The van der Waals surface area contributed by atoms with Crippen LogP contribution in [-0.4, -0.2) is 42.0 Å². The second-order valence-corrected chi connectivity index (χ2v) is 5.17. The maximum absolute atomic E-state index is 11.9.